The fraction of sp³-hybridized carbons (Fsp3) is 0.833. The van der Waals surface area contributed by atoms with Gasteiger partial charge >= 0.3 is 6.09 Å². The number of guanidine groups is 1. The molecule has 6 nitrogen and oxygen atoms in total. The van der Waals surface area contributed by atoms with Gasteiger partial charge in [-0.25, -0.2) is 4.79 Å². The Balaban J connectivity index is 0. The Morgan fingerprint density at radius 3 is 2.26 bits per heavy atom. The molecule has 0 heterocycles. The molecule has 0 aromatic rings. The maximum Gasteiger partial charge on any atom is 0.407 e. The molecule has 0 bridgehead atoms. The molecule has 0 aromatic heterocycles. The van der Waals surface area contributed by atoms with Gasteiger partial charge in [-0.3, -0.25) is 4.99 Å². The second-order valence-electron chi connectivity index (χ2n) is 5.48. The summed E-state index contributed by atoms with van der Waals surface area (Å²) < 4.78 is 5.08. The number of hydrogen-bond acceptors (Lipinski definition) is 3. The first kappa shape index (κ1) is 20.6. The van der Waals surface area contributed by atoms with E-state index in [0.29, 0.717) is 31.5 Å². The first-order chi connectivity index (χ1) is 8.20. The van der Waals surface area contributed by atoms with Crippen LogP contribution in [0, 0.1) is 5.92 Å². The number of nitrogens with two attached hydrogens (primary N) is 1. The number of halogens is 1. The van der Waals surface area contributed by atoms with E-state index in [0.717, 1.165) is 0 Å². The van der Waals surface area contributed by atoms with Gasteiger partial charge in [-0.1, -0.05) is 13.8 Å². The summed E-state index contributed by atoms with van der Waals surface area (Å²) in [4.78, 5) is 15.4. The average Bonchev–Trinajstić information content (AvgIpc) is 2.19. The van der Waals surface area contributed by atoms with Crippen LogP contribution in [0.25, 0.3) is 0 Å². The summed E-state index contributed by atoms with van der Waals surface area (Å²) in [6, 6.07) is 0. The van der Waals surface area contributed by atoms with Crippen molar-refractivity contribution in [2.75, 3.05) is 19.6 Å². The fourth-order valence-corrected chi connectivity index (χ4v) is 1.01. The van der Waals surface area contributed by atoms with E-state index in [1.54, 1.807) is 0 Å². The molecule has 0 fully saturated rings. The zero-order valence-corrected chi connectivity index (χ0v) is 14.8. The van der Waals surface area contributed by atoms with Crippen molar-refractivity contribution in [2.24, 2.45) is 16.6 Å². The van der Waals surface area contributed by atoms with Crippen molar-refractivity contribution < 1.29 is 9.53 Å². The molecule has 0 unspecified atom stereocenters. The number of aliphatic imine (C=N–C) groups is 1. The smallest absolute Gasteiger partial charge is 0.407 e. The van der Waals surface area contributed by atoms with Crippen LogP contribution >= 0.6 is 24.0 Å². The third-order valence-corrected chi connectivity index (χ3v) is 1.73. The predicted octanol–water partition coefficient (Wildman–Crippen LogP) is 1.69. The van der Waals surface area contributed by atoms with Crippen LogP contribution in [0.2, 0.25) is 0 Å². The van der Waals surface area contributed by atoms with Crippen LogP contribution in [-0.4, -0.2) is 37.3 Å². The number of carbonyl (C=O) groups excluding carboxylic acids is 1. The summed E-state index contributed by atoms with van der Waals surface area (Å²) in [7, 11) is 0. The summed E-state index contributed by atoms with van der Waals surface area (Å²) in [5, 5.41) is 5.54. The number of nitrogens with zero attached hydrogens (tertiary/aromatic N) is 1. The topological polar surface area (TPSA) is 88.7 Å². The van der Waals surface area contributed by atoms with Crippen LogP contribution in [-0.2, 0) is 4.74 Å². The minimum absolute atomic E-state index is 0. The van der Waals surface area contributed by atoms with E-state index in [-0.39, 0.29) is 24.0 Å². The second-order valence-corrected chi connectivity index (χ2v) is 5.48. The van der Waals surface area contributed by atoms with E-state index in [9.17, 15) is 4.79 Å². The molecule has 0 aliphatic carbocycles. The van der Waals surface area contributed by atoms with E-state index in [2.05, 4.69) is 29.5 Å². The van der Waals surface area contributed by atoms with Crippen molar-refractivity contribution in [1.29, 1.82) is 0 Å². The van der Waals surface area contributed by atoms with Gasteiger partial charge in [0.25, 0.3) is 0 Å². The summed E-state index contributed by atoms with van der Waals surface area (Å²) >= 11 is 0. The molecule has 0 radical (unpaired) electrons. The van der Waals surface area contributed by atoms with Crippen LogP contribution in [0.15, 0.2) is 4.99 Å². The van der Waals surface area contributed by atoms with Gasteiger partial charge in [0.1, 0.15) is 5.60 Å². The molecule has 114 valence electrons. The highest BCUT2D eigenvalue weighted by Gasteiger charge is 2.15. The molecule has 19 heavy (non-hydrogen) atoms. The monoisotopic (exact) mass is 386 g/mol. The zero-order chi connectivity index (χ0) is 14.2. The van der Waals surface area contributed by atoms with E-state index in [1.165, 1.54) is 0 Å². The highest BCUT2D eigenvalue weighted by atomic mass is 127. The molecule has 1 amide bonds. The maximum atomic E-state index is 11.3. The Morgan fingerprint density at radius 2 is 1.79 bits per heavy atom. The quantitative estimate of drug-likeness (QED) is 0.290. The third kappa shape index (κ3) is 15.2. The molecule has 0 saturated carbocycles. The number of hydrogen-bond donors (Lipinski definition) is 3. The van der Waals surface area contributed by atoms with Crippen LogP contribution in [0.3, 0.4) is 0 Å². The second kappa shape index (κ2) is 10.1. The Bertz CT molecular complexity index is 288. The number of rotatable bonds is 5. The number of ether oxygens (including phenoxy) is 1. The lowest BCUT2D eigenvalue weighted by molar-refractivity contribution is 0.0529. The first-order valence-corrected chi connectivity index (χ1v) is 6.21. The summed E-state index contributed by atoms with van der Waals surface area (Å²) in [6.07, 6.45) is -0.429. The van der Waals surface area contributed by atoms with Crippen molar-refractivity contribution in [1.82, 2.24) is 10.6 Å². The van der Waals surface area contributed by atoms with Gasteiger partial charge < -0.3 is 21.1 Å². The molecular weight excluding hydrogens is 359 g/mol. The maximum absolute atomic E-state index is 11.3. The minimum atomic E-state index is -0.477. The van der Waals surface area contributed by atoms with Gasteiger partial charge in [-0.05, 0) is 26.7 Å². The Labute approximate surface area is 133 Å². The van der Waals surface area contributed by atoms with E-state index in [4.69, 9.17) is 10.5 Å². The molecule has 0 aliphatic heterocycles. The molecule has 0 atom stereocenters. The van der Waals surface area contributed by atoms with Gasteiger partial charge in [0.15, 0.2) is 5.96 Å². The third-order valence-electron chi connectivity index (χ3n) is 1.73. The highest BCUT2D eigenvalue weighted by Crippen LogP contribution is 2.05. The first-order valence-electron chi connectivity index (χ1n) is 6.21. The van der Waals surface area contributed by atoms with Crippen LogP contribution in [0.1, 0.15) is 34.6 Å². The van der Waals surface area contributed by atoms with Gasteiger partial charge in [0, 0.05) is 19.6 Å². The number of nitrogens with one attached hydrogen (secondary N) is 2. The van der Waals surface area contributed by atoms with Crippen molar-refractivity contribution in [3.05, 3.63) is 0 Å². The van der Waals surface area contributed by atoms with E-state index < -0.39 is 11.7 Å². The largest absolute Gasteiger partial charge is 0.444 e. The summed E-state index contributed by atoms with van der Waals surface area (Å²) in [5.41, 5.74) is 5.16. The molecule has 0 aromatic carbocycles. The van der Waals surface area contributed by atoms with Crippen LogP contribution in [0.5, 0.6) is 0 Å². The Hall–Kier alpha value is -0.730. The summed E-state index contributed by atoms with van der Waals surface area (Å²) in [6.45, 7) is 11.3. The van der Waals surface area contributed by atoms with Crippen LogP contribution < -0.4 is 16.4 Å². The minimum Gasteiger partial charge on any atom is -0.444 e. The number of carbonyl (C=O) groups is 1. The van der Waals surface area contributed by atoms with Gasteiger partial charge in [0.2, 0.25) is 0 Å². The summed E-state index contributed by atoms with van der Waals surface area (Å²) in [5.74, 6) is 0.875. The Morgan fingerprint density at radius 1 is 1.26 bits per heavy atom. The van der Waals surface area contributed by atoms with Crippen LogP contribution in [0.4, 0.5) is 4.79 Å². The molecule has 0 rings (SSSR count). The van der Waals surface area contributed by atoms with Crippen molar-refractivity contribution in [3.63, 3.8) is 0 Å². The molecule has 7 heteroatoms. The Kier molecular flexibility index (Phi) is 10.9. The van der Waals surface area contributed by atoms with Gasteiger partial charge in [-0.15, -0.1) is 24.0 Å². The number of amides is 1. The van der Waals surface area contributed by atoms with Crippen molar-refractivity contribution in [2.45, 2.75) is 40.2 Å². The number of alkyl carbamates (subject to hydrolysis) is 1. The molecule has 4 N–H and O–H groups in total. The van der Waals surface area contributed by atoms with Gasteiger partial charge in [-0.2, -0.15) is 0 Å². The van der Waals surface area contributed by atoms with Crippen molar-refractivity contribution >= 4 is 36.0 Å². The van der Waals surface area contributed by atoms with Crippen molar-refractivity contribution in [3.8, 4) is 0 Å². The predicted molar refractivity (Wildman–Crippen MR) is 89.0 cm³/mol. The molecule has 0 saturated heterocycles. The van der Waals surface area contributed by atoms with E-state index >= 15 is 0 Å². The highest BCUT2D eigenvalue weighted by molar-refractivity contribution is 14.0. The van der Waals surface area contributed by atoms with Gasteiger partial charge in [0.05, 0.1) is 0 Å². The zero-order valence-electron chi connectivity index (χ0n) is 12.4. The lowest BCUT2D eigenvalue weighted by Gasteiger charge is -2.19. The molecule has 0 spiro atoms. The normalized spacial score (nSPS) is 11.8. The van der Waals surface area contributed by atoms with E-state index in [1.807, 2.05) is 20.8 Å². The lowest BCUT2D eigenvalue weighted by atomic mass is 10.2. The molecule has 0 aliphatic rings. The lowest BCUT2D eigenvalue weighted by Crippen LogP contribution is -2.40. The standard InChI is InChI=1S/C12H26N4O2.HI/c1-9(2)8-16-10(13)14-6-7-15-11(17)18-12(3,4)5;/h9H,6-8H2,1-5H3,(H,15,17)(H3,13,14,16);1H. The molecular formula is C12H27IN4O2. The fourth-order valence-electron chi connectivity index (χ4n) is 1.01. The SMILES string of the molecule is CC(C)CN=C(N)NCCNC(=O)OC(C)(C)C.I. The average molecular weight is 386 g/mol.